The van der Waals surface area contributed by atoms with E-state index in [9.17, 15) is 9.90 Å². The number of halogens is 3. The van der Waals surface area contributed by atoms with Gasteiger partial charge in [-0.2, -0.15) is 4.98 Å². The van der Waals surface area contributed by atoms with Crippen molar-refractivity contribution >= 4 is 51.5 Å². The maximum atomic E-state index is 13.4. The Labute approximate surface area is 202 Å². The molecule has 3 heterocycles. The Morgan fingerprint density at radius 2 is 1.94 bits per heavy atom. The minimum Gasteiger partial charge on any atom is -0.508 e. The highest BCUT2D eigenvalue weighted by molar-refractivity contribution is 6.37. The fourth-order valence-electron chi connectivity index (χ4n) is 3.54. The molecule has 0 aliphatic carbocycles. The van der Waals surface area contributed by atoms with Crippen LogP contribution < -0.4 is 0 Å². The number of ketones is 1. The van der Waals surface area contributed by atoms with E-state index >= 15 is 0 Å². The van der Waals surface area contributed by atoms with Crippen molar-refractivity contribution in [2.75, 3.05) is 0 Å². The molecule has 0 saturated heterocycles. The molecule has 3 aromatic heterocycles. The quantitative estimate of drug-likeness (QED) is 0.297. The summed E-state index contributed by atoms with van der Waals surface area (Å²) in [6, 6.07) is 13.3. The molecule has 0 spiro atoms. The first-order chi connectivity index (χ1) is 15.9. The van der Waals surface area contributed by atoms with Crippen LogP contribution in [0.2, 0.25) is 15.2 Å². The Morgan fingerprint density at radius 3 is 2.70 bits per heavy atom. The molecule has 0 aliphatic heterocycles. The van der Waals surface area contributed by atoms with Crippen LogP contribution in [0.4, 0.5) is 0 Å². The summed E-state index contributed by atoms with van der Waals surface area (Å²) in [5, 5.41) is 15.5. The van der Waals surface area contributed by atoms with Crippen LogP contribution in [-0.4, -0.2) is 30.6 Å². The number of benzene rings is 2. The summed E-state index contributed by atoms with van der Waals surface area (Å²) >= 11 is 19.1. The predicted octanol–water partition coefficient (Wildman–Crippen LogP) is 6.03. The summed E-state index contributed by atoms with van der Waals surface area (Å²) in [5.41, 5.74) is 2.10. The lowest BCUT2D eigenvalue weighted by atomic mass is 10.1. The van der Waals surface area contributed by atoms with Gasteiger partial charge in [0.25, 0.3) is 5.89 Å². The van der Waals surface area contributed by atoms with Crippen molar-refractivity contribution in [1.29, 1.82) is 0 Å². The first kappa shape index (κ1) is 21.5. The highest BCUT2D eigenvalue weighted by Crippen LogP contribution is 2.35. The third kappa shape index (κ3) is 3.95. The molecule has 0 saturated carbocycles. The van der Waals surface area contributed by atoms with Crippen LogP contribution in [0.3, 0.4) is 0 Å². The average molecular weight is 500 g/mol. The number of aromatic hydroxyl groups is 1. The lowest BCUT2D eigenvalue weighted by Crippen LogP contribution is -2.06. The van der Waals surface area contributed by atoms with Gasteiger partial charge in [0.2, 0.25) is 11.6 Å². The van der Waals surface area contributed by atoms with Crippen LogP contribution in [0.15, 0.2) is 65.4 Å². The number of phenolic OH excluding ortho intramolecular Hbond substituents is 1. The van der Waals surface area contributed by atoms with Crippen molar-refractivity contribution in [1.82, 2.24) is 19.7 Å². The van der Waals surface area contributed by atoms with Gasteiger partial charge in [0.15, 0.2) is 0 Å². The highest BCUT2D eigenvalue weighted by Gasteiger charge is 2.27. The fraction of sp³-hybridized carbons (Fsp3) is 0.0435. The van der Waals surface area contributed by atoms with Crippen molar-refractivity contribution in [3.8, 4) is 17.2 Å². The second-order valence-electron chi connectivity index (χ2n) is 7.18. The zero-order valence-corrected chi connectivity index (χ0v) is 18.9. The van der Waals surface area contributed by atoms with Crippen molar-refractivity contribution in [2.45, 2.75) is 6.54 Å². The molecule has 0 radical (unpaired) electrons. The van der Waals surface area contributed by atoms with E-state index in [0.29, 0.717) is 26.5 Å². The van der Waals surface area contributed by atoms with Gasteiger partial charge < -0.3 is 14.2 Å². The van der Waals surface area contributed by atoms with Gasteiger partial charge in [0.1, 0.15) is 10.9 Å². The Balaban J connectivity index is 1.61. The van der Waals surface area contributed by atoms with Crippen molar-refractivity contribution < 1.29 is 14.4 Å². The number of nitrogens with zero attached hydrogens (tertiary/aromatic N) is 4. The Morgan fingerprint density at radius 1 is 1.09 bits per heavy atom. The van der Waals surface area contributed by atoms with Crippen LogP contribution in [0.1, 0.15) is 21.7 Å². The number of fused-ring (bicyclic) bond motifs is 1. The Hall–Kier alpha value is -3.39. The van der Waals surface area contributed by atoms with E-state index in [-0.39, 0.29) is 34.7 Å². The lowest BCUT2D eigenvalue weighted by molar-refractivity contribution is 0.102. The SMILES string of the molecule is O=C(c1noc(-c2cccnc2)n1)c1c(Cl)n(Cc2ccc(Cl)cc2Cl)c2ccc(O)cc12. The van der Waals surface area contributed by atoms with Gasteiger partial charge in [0.05, 0.1) is 23.2 Å². The molecular formula is C23H13Cl3N4O3. The summed E-state index contributed by atoms with van der Waals surface area (Å²) in [7, 11) is 0. The average Bonchev–Trinajstić information content (AvgIpc) is 3.39. The molecule has 1 N–H and O–H groups in total. The number of hydrogen-bond acceptors (Lipinski definition) is 6. The smallest absolute Gasteiger partial charge is 0.259 e. The van der Waals surface area contributed by atoms with Gasteiger partial charge in [-0.25, -0.2) is 0 Å². The minimum absolute atomic E-state index is 0.0148. The number of hydrogen-bond donors (Lipinski definition) is 1. The number of carbonyl (C=O) groups is 1. The second-order valence-corrected chi connectivity index (χ2v) is 8.38. The summed E-state index contributed by atoms with van der Waals surface area (Å²) in [6.07, 6.45) is 3.16. The maximum absolute atomic E-state index is 13.4. The Bertz CT molecular complexity index is 1510. The van der Waals surface area contributed by atoms with Crippen LogP contribution in [-0.2, 0) is 6.54 Å². The highest BCUT2D eigenvalue weighted by atomic mass is 35.5. The molecular weight excluding hydrogens is 487 g/mol. The largest absolute Gasteiger partial charge is 0.508 e. The normalized spacial score (nSPS) is 11.2. The van der Waals surface area contributed by atoms with Gasteiger partial charge in [0, 0.05) is 27.8 Å². The van der Waals surface area contributed by atoms with E-state index < -0.39 is 5.78 Å². The zero-order valence-electron chi connectivity index (χ0n) is 16.7. The number of pyridine rings is 1. The van der Waals surface area contributed by atoms with E-state index in [1.54, 1.807) is 53.4 Å². The topological polar surface area (TPSA) is 94.0 Å². The van der Waals surface area contributed by atoms with Crippen molar-refractivity contribution in [3.05, 3.63) is 93.1 Å². The van der Waals surface area contributed by atoms with Gasteiger partial charge in [-0.1, -0.05) is 46.0 Å². The third-order valence-corrected chi connectivity index (χ3v) is 6.07. The van der Waals surface area contributed by atoms with Crippen molar-refractivity contribution in [3.63, 3.8) is 0 Å². The van der Waals surface area contributed by atoms with Crippen LogP contribution in [0.25, 0.3) is 22.4 Å². The first-order valence-electron chi connectivity index (χ1n) is 9.66. The second kappa shape index (κ2) is 8.51. The van der Waals surface area contributed by atoms with Crippen molar-refractivity contribution in [2.24, 2.45) is 0 Å². The lowest BCUT2D eigenvalue weighted by Gasteiger charge is -2.09. The summed E-state index contributed by atoms with van der Waals surface area (Å²) in [4.78, 5) is 21.6. The van der Waals surface area contributed by atoms with Gasteiger partial charge in [-0.3, -0.25) is 9.78 Å². The maximum Gasteiger partial charge on any atom is 0.259 e. The molecule has 5 rings (SSSR count). The molecule has 0 atom stereocenters. The number of phenols is 1. The number of carbonyl (C=O) groups excluding carboxylic acids is 1. The predicted molar refractivity (Wildman–Crippen MR) is 125 cm³/mol. The summed E-state index contributed by atoms with van der Waals surface area (Å²) in [5.74, 6) is -0.570. The minimum atomic E-state index is -0.546. The summed E-state index contributed by atoms with van der Waals surface area (Å²) in [6.45, 7) is 0.274. The van der Waals surface area contributed by atoms with Crippen LogP contribution in [0.5, 0.6) is 5.75 Å². The molecule has 10 heteroatoms. The Kier molecular flexibility index (Phi) is 5.54. The standard InChI is InChI=1S/C23H13Cl3N4O3/c24-14-4-3-13(17(25)8-14)11-30-18-6-5-15(31)9-16(18)19(21(30)26)20(32)22-28-23(33-29-22)12-2-1-7-27-10-12/h1-10,31H,11H2. The molecule has 2 aromatic carbocycles. The van der Waals surface area contributed by atoms with Gasteiger partial charge >= 0.3 is 0 Å². The monoisotopic (exact) mass is 498 g/mol. The fourth-order valence-corrected chi connectivity index (χ4v) is 4.34. The molecule has 0 fully saturated rings. The molecule has 33 heavy (non-hydrogen) atoms. The number of rotatable bonds is 5. The molecule has 0 aliphatic rings. The van der Waals surface area contributed by atoms with E-state index in [4.69, 9.17) is 39.3 Å². The van der Waals surface area contributed by atoms with Gasteiger partial charge in [-0.05, 0) is 48.0 Å². The molecule has 164 valence electrons. The zero-order chi connectivity index (χ0) is 23.1. The molecule has 0 bridgehead atoms. The molecule has 7 nitrogen and oxygen atoms in total. The third-order valence-electron chi connectivity index (χ3n) is 5.09. The van der Waals surface area contributed by atoms with Crippen LogP contribution in [0, 0.1) is 0 Å². The van der Waals surface area contributed by atoms with Crippen LogP contribution >= 0.6 is 34.8 Å². The van der Waals surface area contributed by atoms with E-state index in [2.05, 4.69) is 15.1 Å². The van der Waals surface area contributed by atoms with Gasteiger partial charge in [-0.15, -0.1) is 0 Å². The molecule has 5 aromatic rings. The van der Waals surface area contributed by atoms with E-state index in [1.807, 2.05) is 0 Å². The van der Waals surface area contributed by atoms with E-state index in [1.165, 1.54) is 12.1 Å². The molecule has 0 amide bonds. The first-order valence-corrected chi connectivity index (χ1v) is 10.8. The molecule has 0 unspecified atom stereocenters. The number of aromatic nitrogens is 4. The van der Waals surface area contributed by atoms with E-state index in [0.717, 1.165) is 5.56 Å². The summed E-state index contributed by atoms with van der Waals surface area (Å²) < 4.78 is 6.97.